The summed E-state index contributed by atoms with van der Waals surface area (Å²) >= 11 is 14.1. The number of halogens is 10. The van der Waals surface area contributed by atoms with Crippen molar-refractivity contribution < 1.29 is 47.7 Å². The summed E-state index contributed by atoms with van der Waals surface area (Å²) in [7, 11) is -13.4. The summed E-state index contributed by atoms with van der Waals surface area (Å²) < 4.78 is 114. The standard InChI is InChI=1S/C9H13Br4N2.C2F6NO4S2/c10-3-8(12)5-14-1-2-15(7-14)6-9(13)4-11;3-1(4,5)14(10,11)9-15(12,13)2(6,7)8/h1-2,7-9H,3-6H2;/q+1;-1. The summed E-state index contributed by atoms with van der Waals surface area (Å²) in [5, 5.41) is 1.93. The van der Waals surface area contributed by atoms with Crippen LogP contribution in [0.3, 0.4) is 0 Å². The van der Waals surface area contributed by atoms with Crippen molar-refractivity contribution >= 4 is 83.8 Å². The monoisotopic (exact) mass is 745 g/mol. The van der Waals surface area contributed by atoms with Gasteiger partial charge < -0.3 is 4.13 Å². The van der Waals surface area contributed by atoms with E-state index in [4.69, 9.17) is 0 Å². The van der Waals surface area contributed by atoms with Crippen LogP contribution in [0.25, 0.3) is 4.13 Å². The van der Waals surface area contributed by atoms with Crippen molar-refractivity contribution in [2.75, 3.05) is 10.7 Å². The Bertz CT molecular complexity index is 808. The van der Waals surface area contributed by atoms with E-state index in [1.54, 1.807) is 0 Å². The normalized spacial score (nSPS) is 15.3. The molecule has 0 spiro atoms. The molecule has 0 radical (unpaired) electrons. The van der Waals surface area contributed by atoms with Crippen molar-refractivity contribution in [2.45, 2.75) is 33.8 Å². The fourth-order valence-electron chi connectivity index (χ4n) is 1.42. The Balaban J connectivity index is 0.000000561. The van der Waals surface area contributed by atoms with Gasteiger partial charge in [0.1, 0.15) is 25.5 Å². The van der Waals surface area contributed by atoms with E-state index in [2.05, 4.69) is 91.6 Å². The highest BCUT2D eigenvalue weighted by molar-refractivity contribution is 9.12. The van der Waals surface area contributed by atoms with Gasteiger partial charge in [-0.15, -0.1) is 0 Å². The third kappa shape index (κ3) is 10.5. The molecule has 0 amide bonds. The number of sulfonamides is 2. The largest absolute Gasteiger partial charge is 0.480 e. The first-order chi connectivity index (χ1) is 13.4. The summed E-state index contributed by atoms with van der Waals surface area (Å²) in [4.78, 5) is 0.962. The SMILES string of the molecule is BrCC(Br)Cn1cc[n+](CC(Br)CBr)c1.O=S(=O)([N-]S(=O)(=O)C(F)(F)F)C(F)(F)F. The Morgan fingerprint density at radius 1 is 0.900 bits per heavy atom. The fourth-order valence-corrected chi connectivity index (χ4v) is 4.21. The molecule has 2 unspecified atom stereocenters. The average molecular weight is 749 g/mol. The van der Waals surface area contributed by atoms with Crippen LogP contribution < -0.4 is 4.57 Å². The first-order valence-corrected chi connectivity index (χ1v) is 14.1. The third-order valence-corrected chi connectivity index (χ3v) is 9.95. The number of hydrogen-bond acceptors (Lipinski definition) is 4. The Kier molecular flexibility index (Phi) is 12.4. The van der Waals surface area contributed by atoms with Gasteiger partial charge in [0.15, 0.2) is 20.0 Å². The van der Waals surface area contributed by atoms with Gasteiger partial charge in [-0.1, -0.05) is 63.7 Å². The van der Waals surface area contributed by atoms with Crippen molar-refractivity contribution in [3.8, 4) is 0 Å². The predicted molar refractivity (Wildman–Crippen MR) is 111 cm³/mol. The van der Waals surface area contributed by atoms with Gasteiger partial charge in [-0.05, 0) is 0 Å². The van der Waals surface area contributed by atoms with E-state index in [1.807, 2.05) is 0 Å². The van der Waals surface area contributed by atoms with Crippen LogP contribution in [0.4, 0.5) is 26.3 Å². The zero-order chi connectivity index (χ0) is 24.0. The Hall–Kier alpha value is 0.570. The quantitative estimate of drug-likeness (QED) is 0.227. The van der Waals surface area contributed by atoms with Gasteiger partial charge in [-0.3, -0.25) is 0 Å². The van der Waals surface area contributed by atoms with Crippen LogP contribution in [-0.2, 0) is 33.1 Å². The first-order valence-electron chi connectivity index (χ1n) is 7.18. The Morgan fingerprint density at radius 3 is 1.70 bits per heavy atom. The molecule has 0 aliphatic carbocycles. The second-order valence-electron chi connectivity index (χ2n) is 5.23. The molecule has 19 heteroatoms. The molecule has 2 atom stereocenters. The minimum Gasteiger partial charge on any atom is -0.421 e. The van der Waals surface area contributed by atoms with Crippen molar-refractivity contribution in [1.29, 1.82) is 0 Å². The van der Waals surface area contributed by atoms with E-state index in [9.17, 15) is 43.2 Å². The van der Waals surface area contributed by atoms with Crippen LogP contribution in [0, 0.1) is 0 Å². The molecule has 1 aromatic heterocycles. The smallest absolute Gasteiger partial charge is 0.421 e. The first kappa shape index (κ1) is 30.6. The molecular weight excluding hydrogens is 736 g/mol. The zero-order valence-corrected chi connectivity index (χ0v) is 22.3. The van der Waals surface area contributed by atoms with Crippen LogP contribution in [0.2, 0.25) is 0 Å². The molecule has 1 heterocycles. The zero-order valence-electron chi connectivity index (χ0n) is 14.3. The number of rotatable bonds is 8. The molecular formula is C11H13Br4F6N3O4S2. The van der Waals surface area contributed by atoms with Crippen LogP contribution in [0.1, 0.15) is 0 Å². The number of aromatic nitrogens is 2. The molecule has 1 aromatic rings. The molecule has 0 N–H and O–H groups in total. The topological polar surface area (TPSA) is 91.2 Å². The van der Waals surface area contributed by atoms with Crippen molar-refractivity contribution in [3.63, 3.8) is 0 Å². The third-order valence-electron chi connectivity index (χ3n) is 2.68. The molecule has 1 rings (SSSR count). The highest BCUT2D eigenvalue weighted by Crippen LogP contribution is 2.36. The van der Waals surface area contributed by atoms with E-state index in [0.717, 1.165) is 27.9 Å². The van der Waals surface area contributed by atoms with E-state index >= 15 is 0 Å². The van der Waals surface area contributed by atoms with E-state index in [-0.39, 0.29) is 0 Å². The maximum atomic E-state index is 11.4. The number of imidazole rings is 1. The van der Waals surface area contributed by atoms with Crippen LogP contribution in [-0.4, -0.2) is 52.7 Å². The van der Waals surface area contributed by atoms with E-state index < -0.39 is 31.1 Å². The number of alkyl halides is 10. The second-order valence-corrected chi connectivity index (χ2v) is 12.5. The van der Waals surface area contributed by atoms with E-state index in [0.29, 0.717) is 9.65 Å². The molecule has 0 fully saturated rings. The van der Waals surface area contributed by atoms with Gasteiger partial charge in [-0.2, -0.15) is 26.3 Å². The van der Waals surface area contributed by atoms with Crippen LogP contribution in [0.5, 0.6) is 0 Å². The van der Waals surface area contributed by atoms with E-state index in [1.165, 1.54) is 0 Å². The molecule has 0 aliphatic rings. The molecule has 0 saturated carbocycles. The Labute approximate surface area is 202 Å². The van der Waals surface area contributed by atoms with Gasteiger partial charge in [0.05, 0.1) is 9.65 Å². The fraction of sp³-hybridized carbons (Fsp3) is 0.727. The number of nitrogens with zero attached hydrogens (tertiary/aromatic N) is 3. The molecule has 0 saturated heterocycles. The lowest BCUT2D eigenvalue weighted by atomic mass is 10.5. The molecule has 178 valence electrons. The maximum Gasteiger partial charge on any atom is 0.480 e. The van der Waals surface area contributed by atoms with Crippen molar-refractivity contribution in [2.24, 2.45) is 0 Å². The summed E-state index contributed by atoms with van der Waals surface area (Å²) in [5.41, 5.74) is -12.4. The van der Waals surface area contributed by atoms with Crippen LogP contribution >= 0.6 is 63.7 Å². The van der Waals surface area contributed by atoms with Gasteiger partial charge in [0.25, 0.3) is 0 Å². The average Bonchev–Trinajstić information content (AvgIpc) is 2.99. The molecule has 30 heavy (non-hydrogen) atoms. The lowest BCUT2D eigenvalue weighted by molar-refractivity contribution is -0.694. The van der Waals surface area contributed by atoms with Gasteiger partial charge in [0.2, 0.25) is 6.33 Å². The highest BCUT2D eigenvalue weighted by atomic mass is 79.9. The summed E-state index contributed by atoms with van der Waals surface area (Å²) in [5.74, 6) is 0. The minimum absolute atomic E-state index is 0.481. The van der Waals surface area contributed by atoms with Gasteiger partial charge >= 0.3 is 11.0 Å². The summed E-state index contributed by atoms with van der Waals surface area (Å²) in [6, 6.07) is 0. The van der Waals surface area contributed by atoms with Gasteiger partial charge in [0, 0.05) is 10.7 Å². The highest BCUT2D eigenvalue weighted by Gasteiger charge is 2.46. The summed E-state index contributed by atoms with van der Waals surface area (Å²) in [6.07, 6.45) is 6.34. The second kappa shape index (κ2) is 12.2. The van der Waals surface area contributed by atoms with Crippen molar-refractivity contribution in [1.82, 2.24) is 4.57 Å². The number of hydrogen-bond donors (Lipinski definition) is 0. The van der Waals surface area contributed by atoms with Crippen LogP contribution in [0.15, 0.2) is 18.7 Å². The lowest BCUT2D eigenvalue weighted by Crippen LogP contribution is -2.36. The summed E-state index contributed by atoms with van der Waals surface area (Å²) in [6.45, 7) is 1.97. The maximum absolute atomic E-state index is 11.4. The lowest BCUT2D eigenvalue weighted by Gasteiger charge is -2.22. The molecule has 0 aromatic carbocycles. The molecule has 0 aliphatic heterocycles. The Morgan fingerprint density at radius 2 is 1.33 bits per heavy atom. The molecule has 0 bridgehead atoms. The minimum atomic E-state index is -6.72. The molecule has 7 nitrogen and oxygen atoms in total. The van der Waals surface area contributed by atoms with Gasteiger partial charge in [-0.25, -0.2) is 26.0 Å². The predicted octanol–water partition coefficient (Wildman–Crippen LogP) is 4.15. The van der Waals surface area contributed by atoms with Crippen molar-refractivity contribution in [3.05, 3.63) is 22.8 Å².